The van der Waals surface area contributed by atoms with E-state index >= 15 is 0 Å². The summed E-state index contributed by atoms with van der Waals surface area (Å²) in [4.78, 5) is 14.4. The van der Waals surface area contributed by atoms with Crippen molar-refractivity contribution in [3.63, 3.8) is 0 Å². The van der Waals surface area contributed by atoms with Crippen LogP contribution in [0.15, 0.2) is 30.3 Å². The average molecular weight is 286 g/mol. The van der Waals surface area contributed by atoms with Gasteiger partial charge in [-0.05, 0) is 55.2 Å². The van der Waals surface area contributed by atoms with Gasteiger partial charge in [0.05, 0.1) is 0 Å². The van der Waals surface area contributed by atoms with Crippen molar-refractivity contribution >= 4 is 17.1 Å². The van der Waals surface area contributed by atoms with Gasteiger partial charge in [0.25, 0.3) is 0 Å². The van der Waals surface area contributed by atoms with Gasteiger partial charge in [-0.1, -0.05) is 6.92 Å². The Morgan fingerprint density at radius 3 is 2.80 bits per heavy atom. The molecule has 0 atom stereocenters. The summed E-state index contributed by atoms with van der Waals surface area (Å²) < 4.78 is 5.85. The largest absolute Gasteiger partial charge is 0.488 e. The highest BCUT2D eigenvalue weighted by molar-refractivity contribution is 7.11. The quantitative estimate of drug-likeness (QED) is 0.832. The van der Waals surface area contributed by atoms with Crippen LogP contribution in [-0.4, -0.2) is 5.78 Å². The van der Waals surface area contributed by atoms with Gasteiger partial charge in [0.2, 0.25) is 0 Å². The number of carbonyl (C=O) groups excluding carboxylic acids is 1. The van der Waals surface area contributed by atoms with Crippen LogP contribution in [0.3, 0.4) is 0 Å². The van der Waals surface area contributed by atoms with Crippen LogP contribution in [0.1, 0.15) is 45.4 Å². The molecule has 104 valence electrons. The summed E-state index contributed by atoms with van der Waals surface area (Å²) >= 11 is 1.80. The van der Waals surface area contributed by atoms with Gasteiger partial charge < -0.3 is 4.74 Å². The second-order valence-corrected chi connectivity index (χ2v) is 6.36. The molecule has 0 amide bonds. The van der Waals surface area contributed by atoms with Crippen molar-refractivity contribution in [1.29, 1.82) is 0 Å². The predicted molar refractivity (Wildman–Crippen MR) is 81.7 cm³/mol. The van der Waals surface area contributed by atoms with E-state index in [1.807, 2.05) is 18.2 Å². The van der Waals surface area contributed by atoms with Crippen LogP contribution < -0.4 is 4.74 Å². The molecule has 0 radical (unpaired) electrons. The van der Waals surface area contributed by atoms with Crippen molar-refractivity contribution in [2.24, 2.45) is 0 Å². The Balaban J connectivity index is 1.70. The van der Waals surface area contributed by atoms with E-state index in [1.165, 1.54) is 9.75 Å². The van der Waals surface area contributed by atoms with Crippen molar-refractivity contribution in [2.75, 3.05) is 0 Å². The summed E-state index contributed by atoms with van der Waals surface area (Å²) in [5.74, 6) is 1.13. The molecule has 3 heteroatoms. The molecule has 1 aromatic carbocycles. The van der Waals surface area contributed by atoms with Gasteiger partial charge in [0.1, 0.15) is 12.4 Å². The van der Waals surface area contributed by atoms with Crippen molar-refractivity contribution < 1.29 is 9.53 Å². The average Bonchev–Trinajstić information content (AvgIpc) is 2.93. The van der Waals surface area contributed by atoms with E-state index < -0.39 is 0 Å². The number of ether oxygens (including phenoxy) is 1. The van der Waals surface area contributed by atoms with Crippen molar-refractivity contribution in [3.05, 3.63) is 51.2 Å². The third-order valence-electron chi connectivity index (χ3n) is 3.67. The first-order chi connectivity index (χ1) is 9.76. The van der Waals surface area contributed by atoms with Crippen LogP contribution in [0.2, 0.25) is 0 Å². The normalized spacial score (nSPS) is 14.2. The fraction of sp³-hybridized carbons (Fsp3) is 0.353. The molecule has 0 N–H and O–H groups in total. The molecule has 20 heavy (non-hydrogen) atoms. The summed E-state index contributed by atoms with van der Waals surface area (Å²) in [6, 6.07) is 10.1. The highest BCUT2D eigenvalue weighted by atomic mass is 32.1. The number of fused-ring (bicyclic) bond motifs is 1. The zero-order valence-electron chi connectivity index (χ0n) is 11.6. The second kappa shape index (κ2) is 5.80. The summed E-state index contributed by atoms with van der Waals surface area (Å²) in [7, 11) is 0. The molecule has 1 aromatic heterocycles. The number of thiophene rings is 1. The molecule has 0 unspecified atom stereocenters. The molecule has 1 aliphatic rings. The van der Waals surface area contributed by atoms with Crippen LogP contribution in [0.25, 0.3) is 0 Å². The minimum absolute atomic E-state index is 0.267. The fourth-order valence-corrected chi connectivity index (χ4v) is 3.43. The topological polar surface area (TPSA) is 26.3 Å². The van der Waals surface area contributed by atoms with E-state index in [4.69, 9.17) is 4.74 Å². The van der Waals surface area contributed by atoms with Crippen LogP contribution >= 0.6 is 11.3 Å². The number of carbonyl (C=O) groups is 1. The number of ketones is 1. The number of rotatable bonds is 4. The van der Waals surface area contributed by atoms with Crippen LogP contribution in [0.5, 0.6) is 5.75 Å². The smallest absolute Gasteiger partial charge is 0.163 e. The third kappa shape index (κ3) is 2.78. The fourth-order valence-electron chi connectivity index (χ4n) is 2.56. The lowest BCUT2D eigenvalue weighted by Crippen LogP contribution is -2.10. The first kappa shape index (κ1) is 13.4. The van der Waals surface area contributed by atoms with E-state index in [-0.39, 0.29) is 5.78 Å². The Morgan fingerprint density at radius 2 is 2.00 bits per heavy atom. The van der Waals surface area contributed by atoms with E-state index in [0.29, 0.717) is 13.0 Å². The minimum atomic E-state index is 0.267. The molecule has 1 aliphatic carbocycles. The van der Waals surface area contributed by atoms with E-state index in [0.717, 1.165) is 36.1 Å². The molecule has 0 aliphatic heterocycles. The molecule has 1 heterocycles. The van der Waals surface area contributed by atoms with E-state index in [2.05, 4.69) is 19.1 Å². The van der Waals surface area contributed by atoms with Gasteiger partial charge in [-0.3, -0.25) is 4.79 Å². The maximum Gasteiger partial charge on any atom is 0.163 e. The lowest BCUT2D eigenvalue weighted by molar-refractivity contribution is 0.0972. The highest BCUT2D eigenvalue weighted by Crippen LogP contribution is 2.26. The Morgan fingerprint density at radius 1 is 1.15 bits per heavy atom. The molecule has 0 spiro atoms. The number of aryl methyl sites for hydroxylation is 2. The lowest BCUT2D eigenvalue weighted by Gasteiger charge is -2.15. The first-order valence-corrected chi connectivity index (χ1v) is 7.94. The maximum absolute atomic E-state index is 11.8. The van der Waals surface area contributed by atoms with Crippen molar-refractivity contribution in [2.45, 2.75) is 39.2 Å². The second-order valence-electron chi connectivity index (χ2n) is 5.11. The Bertz CT molecular complexity index is 628. The molecule has 2 aromatic rings. The number of hydrogen-bond acceptors (Lipinski definition) is 3. The molecular formula is C17H18O2S. The maximum atomic E-state index is 11.8. The molecule has 0 saturated heterocycles. The summed E-state index contributed by atoms with van der Waals surface area (Å²) in [5, 5.41) is 0. The highest BCUT2D eigenvalue weighted by Gasteiger charge is 2.17. The van der Waals surface area contributed by atoms with Crippen LogP contribution in [0.4, 0.5) is 0 Å². The van der Waals surface area contributed by atoms with E-state index in [1.54, 1.807) is 11.3 Å². The Kier molecular flexibility index (Phi) is 3.88. The monoisotopic (exact) mass is 286 g/mol. The summed E-state index contributed by atoms with van der Waals surface area (Å²) in [6.45, 7) is 2.77. The van der Waals surface area contributed by atoms with Gasteiger partial charge in [0.15, 0.2) is 5.78 Å². The van der Waals surface area contributed by atoms with Crippen molar-refractivity contribution in [3.8, 4) is 5.75 Å². The van der Waals surface area contributed by atoms with Gasteiger partial charge >= 0.3 is 0 Å². The van der Waals surface area contributed by atoms with Gasteiger partial charge in [-0.15, -0.1) is 11.3 Å². The molecule has 3 rings (SSSR count). The predicted octanol–water partition coefficient (Wildman–Crippen LogP) is 4.41. The van der Waals surface area contributed by atoms with Crippen LogP contribution in [0, 0.1) is 0 Å². The molecule has 2 nitrogen and oxygen atoms in total. The zero-order valence-corrected chi connectivity index (χ0v) is 12.5. The Hall–Kier alpha value is -1.61. The van der Waals surface area contributed by atoms with Crippen LogP contribution in [-0.2, 0) is 19.4 Å². The number of Topliss-reactive ketones (excluding diaryl/α,β-unsaturated/α-hetero) is 1. The van der Waals surface area contributed by atoms with Gasteiger partial charge in [-0.2, -0.15) is 0 Å². The SMILES string of the molecule is CCc1ccc(COc2ccc3c(c2)CCCC3=O)s1. The lowest BCUT2D eigenvalue weighted by atomic mass is 9.91. The zero-order chi connectivity index (χ0) is 13.9. The summed E-state index contributed by atoms with van der Waals surface area (Å²) in [5.41, 5.74) is 2.02. The molecule has 0 bridgehead atoms. The standard InChI is InChI=1S/C17H18O2S/c1-2-14-7-8-15(20-14)11-19-13-6-9-16-12(10-13)4-3-5-17(16)18/h6-10H,2-5,11H2,1H3. The van der Waals surface area contributed by atoms with Crippen molar-refractivity contribution in [1.82, 2.24) is 0 Å². The van der Waals surface area contributed by atoms with Gasteiger partial charge in [0, 0.05) is 21.7 Å². The third-order valence-corrected chi connectivity index (χ3v) is 4.88. The number of benzene rings is 1. The molecule has 0 saturated carbocycles. The van der Waals surface area contributed by atoms with E-state index in [9.17, 15) is 4.79 Å². The van der Waals surface area contributed by atoms with Gasteiger partial charge in [-0.25, -0.2) is 0 Å². The molecule has 0 fully saturated rings. The molecular weight excluding hydrogens is 268 g/mol. The minimum Gasteiger partial charge on any atom is -0.488 e. The number of hydrogen-bond donors (Lipinski definition) is 0. The Labute approximate surface area is 123 Å². The first-order valence-electron chi connectivity index (χ1n) is 7.13. The summed E-state index contributed by atoms with van der Waals surface area (Å²) in [6.07, 6.45) is 3.70.